The van der Waals surface area contributed by atoms with Crippen LogP contribution >= 0.6 is 30.4 Å². The third kappa shape index (κ3) is 3.66. The van der Waals surface area contributed by atoms with E-state index in [0.29, 0.717) is 22.1 Å². The zero-order valence-corrected chi connectivity index (χ0v) is 12.7. The third-order valence-corrected chi connectivity index (χ3v) is 3.96. The fourth-order valence-electron chi connectivity index (χ4n) is 2.14. The fraction of sp³-hybridized carbons (Fsp3) is 0.900. The Balaban J connectivity index is 2.83. The molecule has 0 bridgehead atoms. The lowest BCUT2D eigenvalue weighted by Crippen LogP contribution is -2.50. The van der Waals surface area contributed by atoms with Crippen molar-refractivity contribution in [2.75, 3.05) is 6.61 Å². The molecule has 0 aromatic rings. The topological polar surface area (TPSA) is 35.5 Å². The van der Waals surface area contributed by atoms with E-state index in [1.165, 1.54) is 0 Å². The van der Waals surface area contributed by atoms with Gasteiger partial charge in [-0.2, -0.15) is 13.2 Å². The number of hydrogen-bond acceptors (Lipinski definition) is 4. The summed E-state index contributed by atoms with van der Waals surface area (Å²) in [6, 6.07) is 0. The lowest BCUT2D eigenvalue weighted by molar-refractivity contribution is -0.258. The van der Waals surface area contributed by atoms with Crippen LogP contribution < -0.4 is 0 Å². The molecule has 2 unspecified atom stereocenters. The van der Waals surface area contributed by atoms with Gasteiger partial charge in [-0.1, -0.05) is 0 Å². The molecule has 1 fully saturated rings. The smallest absolute Gasteiger partial charge is 0.418 e. The Bertz CT molecular complexity index is 297. The largest absolute Gasteiger partial charge is 0.466 e. The van der Waals surface area contributed by atoms with Crippen LogP contribution in [0.5, 0.6) is 0 Å². The van der Waals surface area contributed by atoms with E-state index in [1.54, 1.807) is 28.1 Å². The minimum atomic E-state index is -4.48. The highest BCUT2D eigenvalue weighted by molar-refractivity contribution is 14.2. The van der Waals surface area contributed by atoms with E-state index in [-0.39, 0.29) is 19.4 Å². The van der Waals surface area contributed by atoms with Gasteiger partial charge < -0.3 is 4.74 Å². The Morgan fingerprint density at radius 1 is 1.56 bits per heavy atom. The van der Waals surface area contributed by atoms with Crippen LogP contribution in [0.25, 0.3) is 0 Å². The molecule has 1 saturated carbocycles. The highest BCUT2D eigenvalue weighted by atomic mass is 127. The summed E-state index contributed by atoms with van der Waals surface area (Å²) < 4.78 is 49.0. The number of carbonyl (C=O) groups is 1. The Hall–Kier alpha value is 0.300. The first kappa shape index (κ1) is 16.4. The second-order valence-corrected chi connectivity index (χ2v) is 5.56. The Morgan fingerprint density at radius 2 is 2.22 bits per heavy atom. The highest BCUT2D eigenvalue weighted by Gasteiger charge is 2.59. The van der Waals surface area contributed by atoms with Crippen LogP contribution in [-0.2, 0) is 13.7 Å². The average Bonchev–Trinajstić information content (AvgIpc) is 2.28. The zero-order valence-electron chi connectivity index (χ0n) is 9.76. The first-order valence-corrected chi connectivity index (χ1v) is 8.84. The second-order valence-electron chi connectivity index (χ2n) is 4.18. The highest BCUT2D eigenvalue weighted by Crippen LogP contribution is 2.49. The summed E-state index contributed by atoms with van der Waals surface area (Å²) in [4.78, 5) is 11.6. The number of hydrogen-bond donors (Lipinski definition) is 0. The molecular weight excluding hydrogens is 384 g/mol. The molecule has 106 valence electrons. The van der Waals surface area contributed by atoms with Crippen molar-refractivity contribution in [3.05, 3.63) is 0 Å². The molecule has 0 spiro atoms. The molecule has 2 atom stereocenters. The summed E-state index contributed by atoms with van der Waals surface area (Å²) in [5, 5.41) is 0. The van der Waals surface area contributed by atoms with E-state index >= 15 is 0 Å². The minimum Gasteiger partial charge on any atom is -0.466 e. The van der Waals surface area contributed by atoms with Gasteiger partial charge >= 0.3 is 12.1 Å². The number of rotatable bonds is 4. The van der Waals surface area contributed by atoms with Crippen LogP contribution in [0.15, 0.2) is 0 Å². The minimum absolute atomic E-state index is 0.109. The van der Waals surface area contributed by atoms with Gasteiger partial charge in [0.15, 0.2) is 5.60 Å². The van der Waals surface area contributed by atoms with E-state index in [0.717, 1.165) is 0 Å². The summed E-state index contributed by atoms with van der Waals surface area (Å²) >= 11 is 1.66. The molecule has 0 radical (unpaired) electrons. The van der Waals surface area contributed by atoms with Crippen LogP contribution in [0.4, 0.5) is 13.2 Å². The number of alkyl halides is 3. The predicted octanol–water partition coefficient (Wildman–Crippen LogP) is 4.06. The molecule has 0 aromatic heterocycles. The van der Waals surface area contributed by atoms with E-state index in [2.05, 4.69) is 0 Å². The molecule has 0 aromatic carbocycles. The molecule has 3 nitrogen and oxygen atoms in total. The lowest BCUT2D eigenvalue weighted by Gasteiger charge is -2.39. The van der Waals surface area contributed by atoms with Crippen LogP contribution in [0, 0.1) is 5.92 Å². The summed E-state index contributed by atoms with van der Waals surface area (Å²) in [5.41, 5.74) is -2.23. The molecule has 0 N–H and O–H groups in total. The molecule has 0 heterocycles. The number of halogens is 4. The van der Waals surface area contributed by atoms with Crippen molar-refractivity contribution in [3.63, 3.8) is 0 Å². The Labute approximate surface area is 120 Å². The SMILES string of the molecule is CCOC(=O)C1CCCC(OSI)(C(F)(F)F)C1. The molecule has 0 saturated heterocycles. The van der Waals surface area contributed by atoms with Crippen molar-refractivity contribution in [2.24, 2.45) is 5.92 Å². The standard InChI is InChI=1S/C10H14F3IO3S/c1-2-16-8(15)7-4-3-5-9(6-7,17-18-14)10(11,12)13/h7H,2-6H2,1H3. The average molecular weight is 398 g/mol. The van der Waals surface area contributed by atoms with Gasteiger partial charge in [0.1, 0.15) is 0 Å². The van der Waals surface area contributed by atoms with Gasteiger partial charge in [-0.25, -0.2) is 0 Å². The van der Waals surface area contributed by atoms with Gasteiger partial charge in [-0.15, -0.1) is 0 Å². The molecule has 8 heteroatoms. The molecule has 1 aliphatic carbocycles. The maximum Gasteiger partial charge on any atom is 0.418 e. The summed E-state index contributed by atoms with van der Waals surface area (Å²) in [5.74, 6) is -1.29. The van der Waals surface area contributed by atoms with Crippen molar-refractivity contribution in [2.45, 2.75) is 44.4 Å². The zero-order chi connectivity index (χ0) is 13.8. The van der Waals surface area contributed by atoms with E-state index in [1.807, 2.05) is 0 Å². The quantitative estimate of drug-likeness (QED) is 0.407. The van der Waals surface area contributed by atoms with Gasteiger partial charge in [-0.05, 0) is 32.6 Å². The van der Waals surface area contributed by atoms with Crippen molar-refractivity contribution in [3.8, 4) is 0 Å². The van der Waals surface area contributed by atoms with Crippen molar-refractivity contribution >= 4 is 36.4 Å². The maximum absolute atomic E-state index is 13.1. The summed E-state index contributed by atoms with van der Waals surface area (Å²) in [6.07, 6.45) is -4.21. The lowest BCUT2D eigenvalue weighted by atomic mass is 9.77. The molecule has 0 amide bonds. The summed E-state index contributed by atoms with van der Waals surface area (Å²) in [7, 11) is 0.659. The monoisotopic (exact) mass is 398 g/mol. The first-order valence-electron chi connectivity index (χ1n) is 5.56. The fourth-order valence-corrected chi connectivity index (χ4v) is 3.54. The van der Waals surface area contributed by atoms with E-state index in [4.69, 9.17) is 8.92 Å². The van der Waals surface area contributed by atoms with Gasteiger partial charge in [0.2, 0.25) is 0 Å². The predicted molar refractivity (Wildman–Crippen MR) is 70.1 cm³/mol. The van der Waals surface area contributed by atoms with Gasteiger partial charge in [0, 0.05) is 21.2 Å². The van der Waals surface area contributed by atoms with Crippen molar-refractivity contribution in [1.82, 2.24) is 0 Å². The Morgan fingerprint density at radius 3 is 2.72 bits per heavy atom. The molecule has 18 heavy (non-hydrogen) atoms. The van der Waals surface area contributed by atoms with Crippen molar-refractivity contribution in [1.29, 1.82) is 0 Å². The number of esters is 1. The van der Waals surface area contributed by atoms with E-state index < -0.39 is 23.7 Å². The van der Waals surface area contributed by atoms with Gasteiger partial charge in [0.05, 0.1) is 21.7 Å². The maximum atomic E-state index is 13.1. The molecule has 1 rings (SSSR count). The summed E-state index contributed by atoms with van der Waals surface area (Å²) in [6.45, 7) is 1.81. The Kier molecular flexibility index (Phi) is 6.04. The first-order chi connectivity index (χ1) is 8.36. The molecule has 0 aliphatic heterocycles. The van der Waals surface area contributed by atoms with Crippen molar-refractivity contribution < 1.29 is 26.9 Å². The van der Waals surface area contributed by atoms with E-state index in [9.17, 15) is 18.0 Å². The molecular formula is C10H14F3IO3S. The number of carbonyl (C=O) groups excluding carboxylic acids is 1. The van der Waals surface area contributed by atoms with Crippen LogP contribution in [0.1, 0.15) is 32.6 Å². The third-order valence-electron chi connectivity index (χ3n) is 3.04. The van der Waals surface area contributed by atoms with Crippen LogP contribution in [0.2, 0.25) is 0 Å². The van der Waals surface area contributed by atoms with Crippen LogP contribution in [0.3, 0.4) is 0 Å². The number of ether oxygens (including phenoxy) is 1. The molecule has 1 aliphatic rings. The second kappa shape index (κ2) is 6.65. The van der Waals surface area contributed by atoms with Gasteiger partial charge in [-0.3, -0.25) is 8.98 Å². The van der Waals surface area contributed by atoms with Gasteiger partial charge in [0.25, 0.3) is 0 Å². The normalized spacial score (nSPS) is 29.1. The van der Waals surface area contributed by atoms with Crippen LogP contribution in [-0.4, -0.2) is 24.4 Å².